The summed E-state index contributed by atoms with van der Waals surface area (Å²) in [5.74, 6) is -0.141. The lowest BCUT2D eigenvalue weighted by molar-refractivity contribution is 0.0465. The molecule has 0 bridgehead atoms. The highest BCUT2D eigenvalue weighted by molar-refractivity contribution is 5.93. The van der Waals surface area contributed by atoms with E-state index in [4.69, 9.17) is 14.2 Å². The molecule has 6 nitrogen and oxygen atoms in total. The zero-order chi connectivity index (χ0) is 18.7. The number of aromatic nitrogens is 1. The van der Waals surface area contributed by atoms with Gasteiger partial charge in [0.2, 0.25) is 0 Å². The van der Waals surface area contributed by atoms with Gasteiger partial charge >= 0.3 is 5.97 Å². The Hall–Kier alpha value is -3.30. The fourth-order valence-electron chi connectivity index (χ4n) is 2.82. The molecule has 0 aliphatic heterocycles. The maximum atomic E-state index is 12.0. The molecule has 0 amide bonds. The van der Waals surface area contributed by atoms with Gasteiger partial charge in [0.25, 0.3) is 0 Å². The van der Waals surface area contributed by atoms with Crippen LogP contribution in [0.4, 0.5) is 0 Å². The number of carbonyl (C=O) groups is 1. The second-order valence-electron chi connectivity index (χ2n) is 5.77. The summed E-state index contributed by atoms with van der Waals surface area (Å²) in [4.78, 5) is 12.0. The Bertz CT molecular complexity index is 1010. The number of fused-ring (bicyclic) bond motifs is 1. The first-order chi connectivity index (χ1) is 12.6. The molecule has 2 aromatic carbocycles. The van der Waals surface area contributed by atoms with E-state index in [1.807, 2.05) is 29.7 Å². The minimum Gasteiger partial charge on any atom is -0.467 e. The summed E-state index contributed by atoms with van der Waals surface area (Å²) in [6.45, 7) is 2.00. The van der Waals surface area contributed by atoms with Crippen LogP contribution in [0.15, 0.2) is 42.6 Å². The summed E-state index contributed by atoms with van der Waals surface area (Å²) < 4.78 is 17.2. The summed E-state index contributed by atoms with van der Waals surface area (Å²) in [6.07, 6.45) is 1.78. The molecule has 1 heterocycles. The molecule has 0 fully saturated rings. The van der Waals surface area contributed by atoms with Crippen molar-refractivity contribution in [1.29, 1.82) is 5.26 Å². The average Bonchev–Trinajstić information content (AvgIpc) is 3.03. The number of aryl methyl sites for hydroxylation is 1. The standard InChI is InChI=1S/C20H18N2O4.CH4/c1-13-4-6-16-14(10-21)11-22(18(16)8-13)15-5-7-17(20(23)25-3)19(9-15)26-12-24-2;/h4-9,11H,12H2,1-3H3;1H4. The fraction of sp³-hybridized carbons (Fsp3) is 0.238. The quantitative estimate of drug-likeness (QED) is 0.499. The number of rotatable bonds is 5. The Kier molecular flexibility index (Phi) is 6.22. The van der Waals surface area contributed by atoms with E-state index in [1.54, 1.807) is 24.4 Å². The molecule has 6 heteroatoms. The van der Waals surface area contributed by atoms with E-state index in [1.165, 1.54) is 14.2 Å². The topological polar surface area (TPSA) is 73.5 Å². The Morgan fingerprint density at radius 1 is 1.19 bits per heavy atom. The van der Waals surface area contributed by atoms with Crippen molar-refractivity contribution in [2.45, 2.75) is 14.4 Å². The minimum atomic E-state index is -0.492. The van der Waals surface area contributed by atoms with Crippen LogP contribution in [-0.2, 0) is 9.47 Å². The lowest BCUT2D eigenvalue weighted by Gasteiger charge is -2.13. The highest BCUT2D eigenvalue weighted by atomic mass is 16.7. The first-order valence-electron chi connectivity index (χ1n) is 7.95. The highest BCUT2D eigenvalue weighted by Crippen LogP contribution is 2.29. The lowest BCUT2D eigenvalue weighted by Crippen LogP contribution is -2.08. The Balaban J connectivity index is 0.00000261. The van der Waals surface area contributed by atoms with Crippen LogP contribution in [-0.4, -0.2) is 31.5 Å². The molecule has 0 saturated heterocycles. The molecular formula is C21H22N2O4. The smallest absolute Gasteiger partial charge is 0.341 e. The van der Waals surface area contributed by atoms with Crippen molar-refractivity contribution in [1.82, 2.24) is 4.57 Å². The van der Waals surface area contributed by atoms with Crippen LogP contribution in [0.2, 0.25) is 0 Å². The van der Waals surface area contributed by atoms with Gasteiger partial charge in [0.05, 0.1) is 18.2 Å². The summed E-state index contributed by atoms with van der Waals surface area (Å²) in [5.41, 5.74) is 3.65. The van der Waals surface area contributed by atoms with Crippen molar-refractivity contribution in [3.63, 3.8) is 0 Å². The van der Waals surface area contributed by atoms with Crippen molar-refractivity contribution in [2.75, 3.05) is 21.0 Å². The second-order valence-corrected chi connectivity index (χ2v) is 5.77. The van der Waals surface area contributed by atoms with Crippen LogP contribution < -0.4 is 4.74 Å². The van der Waals surface area contributed by atoms with Gasteiger partial charge in [-0.1, -0.05) is 19.6 Å². The molecule has 0 saturated carbocycles. The number of hydrogen-bond acceptors (Lipinski definition) is 5. The Labute approximate surface area is 158 Å². The van der Waals surface area contributed by atoms with Gasteiger partial charge in [-0.2, -0.15) is 5.26 Å². The van der Waals surface area contributed by atoms with E-state index in [9.17, 15) is 10.1 Å². The van der Waals surface area contributed by atoms with Gasteiger partial charge in [-0.25, -0.2) is 4.79 Å². The largest absolute Gasteiger partial charge is 0.467 e. The molecule has 1 aromatic heterocycles. The van der Waals surface area contributed by atoms with Crippen molar-refractivity contribution in [3.05, 3.63) is 59.3 Å². The first kappa shape index (κ1) is 20.0. The number of nitriles is 1. The molecule has 3 rings (SSSR count). The predicted octanol–water partition coefficient (Wildman–Crippen LogP) is 4.22. The van der Waals surface area contributed by atoms with Crippen LogP contribution >= 0.6 is 0 Å². The van der Waals surface area contributed by atoms with E-state index < -0.39 is 5.97 Å². The van der Waals surface area contributed by atoms with Crippen molar-refractivity contribution in [3.8, 4) is 17.5 Å². The second kappa shape index (κ2) is 8.39. The molecule has 0 aliphatic rings. The zero-order valence-electron chi connectivity index (χ0n) is 14.8. The monoisotopic (exact) mass is 366 g/mol. The van der Waals surface area contributed by atoms with Gasteiger partial charge in [-0.15, -0.1) is 0 Å². The summed E-state index contributed by atoms with van der Waals surface area (Å²) in [5, 5.41) is 10.3. The predicted molar refractivity (Wildman–Crippen MR) is 103 cm³/mol. The zero-order valence-corrected chi connectivity index (χ0v) is 14.8. The number of esters is 1. The molecule has 0 atom stereocenters. The molecular weight excluding hydrogens is 344 g/mol. The van der Waals surface area contributed by atoms with E-state index in [2.05, 4.69) is 6.07 Å². The highest BCUT2D eigenvalue weighted by Gasteiger charge is 2.16. The van der Waals surface area contributed by atoms with Gasteiger partial charge in [-0.3, -0.25) is 0 Å². The third-order valence-corrected chi connectivity index (χ3v) is 4.06. The van der Waals surface area contributed by atoms with E-state index in [-0.39, 0.29) is 14.2 Å². The van der Waals surface area contributed by atoms with E-state index in [0.29, 0.717) is 16.9 Å². The van der Waals surface area contributed by atoms with Crippen LogP contribution in [0.5, 0.6) is 5.75 Å². The maximum Gasteiger partial charge on any atom is 0.341 e. The molecule has 0 radical (unpaired) electrons. The normalized spacial score (nSPS) is 10.1. The third-order valence-electron chi connectivity index (χ3n) is 4.06. The lowest BCUT2D eigenvalue weighted by atomic mass is 10.1. The number of carbonyl (C=O) groups excluding carboxylic acids is 1. The van der Waals surface area contributed by atoms with E-state index >= 15 is 0 Å². The summed E-state index contributed by atoms with van der Waals surface area (Å²) >= 11 is 0. The molecule has 0 spiro atoms. The molecule has 140 valence electrons. The number of nitrogens with zero attached hydrogens (tertiary/aromatic N) is 2. The molecule has 0 N–H and O–H groups in total. The number of hydrogen-bond donors (Lipinski definition) is 0. The van der Waals surface area contributed by atoms with Crippen LogP contribution in [0.1, 0.15) is 28.9 Å². The first-order valence-corrected chi connectivity index (χ1v) is 7.95. The van der Waals surface area contributed by atoms with Gasteiger partial charge in [0, 0.05) is 30.4 Å². The van der Waals surface area contributed by atoms with E-state index in [0.717, 1.165) is 22.2 Å². The molecule has 0 aliphatic carbocycles. The maximum absolute atomic E-state index is 12.0. The minimum absolute atomic E-state index is 0. The Morgan fingerprint density at radius 2 is 1.96 bits per heavy atom. The SMILES string of the molecule is C.COCOc1cc(-n2cc(C#N)c3ccc(C)cc32)ccc1C(=O)OC. The molecule has 27 heavy (non-hydrogen) atoms. The van der Waals surface area contributed by atoms with Crippen molar-refractivity contribution < 1.29 is 19.0 Å². The number of methoxy groups -OCH3 is 2. The number of ether oxygens (including phenoxy) is 3. The van der Waals surface area contributed by atoms with Gasteiger partial charge in [-0.05, 0) is 30.7 Å². The average molecular weight is 366 g/mol. The van der Waals surface area contributed by atoms with Gasteiger partial charge in [0.1, 0.15) is 17.4 Å². The Morgan fingerprint density at radius 3 is 2.63 bits per heavy atom. The molecule has 0 unspecified atom stereocenters. The number of benzene rings is 2. The van der Waals surface area contributed by atoms with Crippen molar-refractivity contribution >= 4 is 16.9 Å². The van der Waals surface area contributed by atoms with Crippen LogP contribution in [0, 0.1) is 18.3 Å². The summed E-state index contributed by atoms with van der Waals surface area (Å²) in [7, 11) is 2.82. The van der Waals surface area contributed by atoms with Gasteiger partial charge in [0.15, 0.2) is 6.79 Å². The fourth-order valence-corrected chi connectivity index (χ4v) is 2.82. The van der Waals surface area contributed by atoms with Crippen molar-refractivity contribution in [2.24, 2.45) is 0 Å². The van der Waals surface area contributed by atoms with Crippen LogP contribution in [0.3, 0.4) is 0 Å². The third kappa shape index (κ3) is 3.78. The molecule has 3 aromatic rings. The van der Waals surface area contributed by atoms with Gasteiger partial charge < -0.3 is 18.8 Å². The van der Waals surface area contributed by atoms with Crippen LogP contribution in [0.25, 0.3) is 16.6 Å². The summed E-state index contributed by atoms with van der Waals surface area (Å²) in [6, 6.07) is 13.3.